The molecule has 3 aromatic rings. The lowest BCUT2D eigenvalue weighted by atomic mass is 9.90. The molecule has 0 amide bonds. The first-order valence-corrected chi connectivity index (χ1v) is 10.6. The van der Waals surface area contributed by atoms with Crippen molar-refractivity contribution in [3.63, 3.8) is 0 Å². The summed E-state index contributed by atoms with van der Waals surface area (Å²) >= 11 is 1.14. The van der Waals surface area contributed by atoms with E-state index in [0.717, 1.165) is 30.6 Å². The maximum absolute atomic E-state index is 13.0. The minimum atomic E-state index is -0.455. The van der Waals surface area contributed by atoms with E-state index in [1.165, 1.54) is 28.4 Å². The largest absolute Gasteiger partial charge is 0.462 e. The number of Topliss-reactive ketones (excluding diaryl/α,β-unsaturated/α-hetero) is 1. The Morgan fingerprint density at radius 1 is 1.21 bits per heavy atom. The molecule has 0 N–H and O–H groups in total. The Morgan fingerprint density at radius 2 is 1.97 bits per heavy atom. The molecular formula is C22H22N2O4S. The summed E-state index contributed by atoms with van der Waals surface area (Å²) in [7, 11) is 0. The van der Waals surface area contributed by atoms with Crippen molar-refractivity contribution >= 4 is 33.3 Å². The molecule has 1 aromatic carbocycles. The van der Waals surface area contributed by atoms with Gasteiger partial charge in [0.15, 0.2) is 5.78 Å². The third kappa shape index (κ3) is 3.62. The zero-order valence-electron chi connectivity index (χ0n) is 16.5. The average Bonchev–Trinajstić information content (AvgIpc) is 3.07. The number of ketones is 1. The quantitative estimate of drug-likeness (QED) is 0.473. The third-order valence-corrected chi connectivity index (χ3v) is 6.54. The minimum absolute atomic E-state index is 0.0788. The average molecular weight is 410 g/mol. The lowest BCUT2D eigenvalue weighted by Gasteiger charge is -2.16. The van der Waals surface area contributed by atoms with Gasteiger partial charge in [-0.15, -0.1) is 11.3 Å². The van der Waals surface area contributed by atoms with Crippen molar-refractivity contribution in [2.45, 2.75) is 46.1 Å². The van der Waals surface area contributed by atoms with Gasteiger partial charge in [-0.25, -0.2) is 9.78 Å². The Hall–Kier alpha value is -2.80. The van der Waals surface area contributed by atoms with Gasteiger partial charge in [-0.05, 0) is 62.3 Å². The lowest BCUT2D eigenvalue weighted by molar-refractivity contribution is 0.0531. The van der Waals surface area contributed by atoms with E-state index in [1.807, 2.05) is 18.2 Å². The molecule has 2 heterocycles. The molecule has 29 heavy (non-hydrogen) atoms. The van der Waals surface area contributed by atoms with Gasteiger partial charge >= 0.3 is 5.97 Å². The highest BCUT2D eigenvalue weighted by molar-refractivity contribution is 7.20. The van der Waals surface area contributed by atoms with Gasteiger partial charge < -0.3 is 4.74 Å². The van der Waals surface area contributed by atoms with E-state index in [2.05, 4.69) is 4.98 Å². The van der Waals surface area contributed by atoms with Gasteiger partial charge in [-0.2, -0.15) is 0 Å². The molecule has 1 aliphatic rings. The zero-order valence-corrected chi connectivity index (χ0v) is 17.3. The lowest BCUT2D eigenvalue weighted by Crippen LogP contribution is -2.25. The highest BCUT2D eigenvalue weighted by Gasteiger charge is 2.21. The van der Waals surface area contributed by atoms with Crippen LogP contribution < -0.4 is 5.56 Å². The first-order chi connectivity index (χ1) is 14.0. The van der Waals surface area contributed by atoms with E-state index in [4.69, 9.17) is 4.74 Å². The maximum atomic E-state index is 13.0. The Balaban J connectivity index is 1.65. The molecule has 1 aliphatic carbocycles. The third-order valence-electron chi connectivity index (χ3n) is 5.36. The standard InChI is InChI=1S/C22H22N2O4S/c1-3-28-22(27)19-13(2)18-20(29-19)23-12-24(21(18)26)11-17(25)16-9-8-14-6-4-5-7-15(14)10-16/h8-10,12H,3-7,11H2,1-2H3. The number of aromatic nitrogens is 2. The second-order valence-corrected chi connectivity index (χ2v) is 8.25. The zero-order chi connectivity index (χ0) is 20.5. The molecule has 2 aromatic heterocycles. The first kappa shape index (κ1) is 19.5. The summed E-state index contributed by atoms with van der Waals surface area (Å²) < 4.78 is 6.38. The summed E-state index contributed by atoms with van der Waals surface area (Å²) in [5.41, 5.74) is 3.40. The minimum Gasteiger partial charge on any atom is -0.462 e. The highest BCUT2D eigenvalue weighted by atomic mass is 32.1. The molecule has 0 spiro atoms. The molecule has 0 atom stereocenters. The molecular weight excluding hydrogens is 388 g/mol. The van der Waals surface area contributed by atoms with Crippen LogP contribution in [0.4, 0.5) is 0 Å². The molecule has 7 heteroatoms. The summed E-state index contributed by atoms with van der Waals surface area (Å²) in [5.74, 6) is -0.579. The van der Waals surface area contributed by atoms with Gasteiger partial charge in [-0.1, -0.05) is 12.1 Å². The van der Waals surface area contributed by atoms with Crippen LogP contribution >= 0.6 is 11.3 Å². The Bertz CT molecular complexity index is 1180. The number of thiophene rings is 1. The van der Waals surface area contributed by atoms with Gasteiger partial charge in [0.1, 0.15) is 9.71 Å². The van der Waals surface area contributed by atoms with Gasteiger partial charge in [-0.3, -0.25) is 14.2 Å². The molecule has 0 radical (unpaired) electrons. The predicted octanol–water partition coefficient (Wildman–Crippen LogP) is 3.70. The Labute approximate surface area is 172 Å². The van der Waals surface area contributed by atoms with Crippen LogP contribution in [0.15, 0.2) is 29.3 Å². The maximum Gasteiger partial charge on any atom is 0.348 e. The van der Waals surface area contributed by atoms with Gasteiger partial charge in [0.2, 0.25) is 0 Å². The van der Waals surface area contributed by atoms with E-state index in [-0.39, 0.29) is 24.5 Å². The second kappa shape index (κ2) is 7.91. The molecule has 0 saturated heterocycles. The van der Waals surface area contributed by atoms with Crippen LogP contribution in [-0.4, -0.2) is 27.9 Å². The molecule has 0 fully saturated rings. The van der Waals surface area contributed by atoms with Crippen molar-refractivity contribution in [3.05, 3.63) is 62.0 Å². The molecule has 0 aliphatic heterocycles. The number of ether oxygens (including phenoxy) is 1. The molecule has 6 nitrogen and oxygen atoms in total. The number of aryl methyl sites for hydroxylation is 3. The van der Waals surface area contributed by atoms with Gasteiger partial charge in [0.25, 0.3) is 5.56 Å². The fourth-order valence-corrected chi connectivity index (χ4v) is 4.85. The predicted molar refractivity (Wildman–Crippen MR) is 112 cm³/mol. The SMILES string of the molecule is CCOC(=O)c1sc2ncn(CC(=O)c3ccc4c(c3)CCCC4)c(=O)c2c1C. The van der Waals surface area contributed by atoms with E-state index < -0.39 is 5.97 Å². The van der Waals surface area contributed by atoms with Crippen molar-refractivity contribution in [1.82, 2.24) is 9.55 Å². The summed E-state index contributed by atoms with van der Waals surface area (Å²) in [4.78, 5) is 43.1. The van der Waals surface area contributed by atoms with Crippen molar-refractivity contribution < 1.29 is 14.3 Å². The molecule has 0 unspecified atom stereocenters. The number of benzene rings is 1. The Morgan fingerprint density at radius 3 is 2.72 bits per heavy atom. The van der Waals surface area contributed by atoms with Crippen LogP contribution in [0, 0.1) is 6.92 Å². The van der Waals surface area contributed by atoms with Gasteiger partial charge in [0.05, 0.1) is 24.9 Å². The fourth-order valence-electron chi connectivity index (χ4n) is 3.82. The van der Waals surface area contributed by atoms with Crippen molar-refractivity contribution in [2.75, 3.05) is 6.61 Å². The fraction of sp³-hybridized carbons (Fsp3) is 0.364. The van der Waals surface area contributed by atoms with Crippen LogP contribution in [0.1, 0.15) is 56.5 Å². The monoisotopic (exact) mass is 410 g/mol. The number of esters is 1. The molecule has 0 bridgehead atoms. The van der Waals surface area contributed by atoms with Crippen LogP contribution in [-0.2, 0) is 24.1 Å². The van der Waals surface area contributed by atoms with Crippen LogP contribution in [0.5, 0.6) is 0 Å². The highest BCUT2D eigenvalue weighted by Crippen LogP contribution is 2.27. The molecule has 4 rings (SSSR count). The summed E-state index contributed by atoms with van der Waals surface area (Å²) in [6, 6.07) is 5.83. The van der Waals surface area contributed by atoms with Crippen LogP contribution in [0.3, 0.4) is 0 Å². The summed E-state index contributed by atoms with van der Waals surface area (Å²) in [5, 5.41) is 0.374. The summed E-state index contributed by atoms with van der Waals surface area (Å²) in [6.45, 7) is 3.63. The van der Waals surface area contributed by atoms with Crippen LogP contribution in [0.2, 0.25) is 0 Å². The number of hydrogen-bond donors (Lipinski definition) is 0. The van der Waals surface area contributed by atoms with Crippen molar-refractivity contribution in [3.8, 4) is 0 Å². The smallest absolute Gasteiger partial charge is 0.348 e. The van der Waals surface area contributed by atoms with E-state index in [0.29, 0.717) is 26.2 Å². The topological polar surface area (TPSA) is 78.3 Å². The number of fused-ring (bicyclic) bond motifs is 2. The van der Waals surface area contributed by atoms with Gasteiger partial charge in [0, 0.05) is 5.56 Å². The molecule has 0 saturated carbocycles. The summed E-state index contributed by atoms with van der Waals surface area (Å²) in [6.07, 6.45) is 5.77. The van der Waals surface area contributed by atoms with E-state index in [9.17, 15) is 14.4 Å². The van der Waals surface area contributed by atoms with Crippen LogP contribution in [0.25, 0.3) is 10.2 Å². The second-order valence-electron chi connectivity index (χ2n) is 7.25. The van der Waals surface area contributed by atoms with Crippen molar-refractivity contribution in [1.29, 1.82) is 0 Å². The number of carbonyl (C=O) groups excluding carboxylic acids is 2. The number of rotatable bonds is 5. The van der Waals surface area contributed by atoms with E-state index in [1.54, 1.807) is 13.8 Å². The first-order valence-electron chi connectivity index (χ1n) is 9.80. The number of carbonyl (C=O) groups is 2. The Kier molecular flexibility index (Phi) is 5.32. The van der Waals surface area contributed by atoms with Crippen molar-refractivity contribution in [2.24, 2.45) is 0 Å². The normalized spacial score (nSPS) is 13.3. The number of nitrogens with zero attached hydrogens (tertiary/aromatic N) is 2. The molecule has 150 valence electrons. The van der Waals surface area contributed by atoms with E-state index >= 15 is 0 Å². The number of hydrogen-bond acceptors (Lipinski definition) is 6.